The number of rotatable bonds is 10. The summed E-state index contributed by atoms with van der Waals surface area (Å²) in [6, 6.07) is 6.67. The van der Waals surface area contributed by atoms with E-state index in [0.717, 1.165) is 12.8 Å². The van der Waals surface area contributed by atoms with Crippen LogP contribution >= 0.6 is 0 Å². The van der Waals surface area contributed by atoms with Gasteiger partial charge in [0.25, 0.3) is 0 Å². The number of phenols is 1. The van der Waals surface area contributed by atoms with Crippen molar-refractivity contribution >= 4 is 33.4 Å². The van der Waals surface area contributed by atoms with Gasteiger partial charge in [-0.3, -0.25) is 14.7 Å². The Morgan fingerprint density at radius 3 is 2.77 bits per heavy atom. The van der Waals surface area contributed by atoms with Gasteiger partial charge in [-0.2, -0.15) is 9.97 Å². The first kappa shape index (κ1) is 35.6. The fraction of sp³-hybridized carbons (Fsp3) is 0.333. The van der Waals surface area contributed by atoms with Gasteiger partial charge in [-0.05, 0) is 55.5 Å². The van der Waals surface area contributed by atoms with Crippen molar-refractivity contribution in [3.63, 3.8) is 0 Å². The number of likely N-dealkylation sites (tertiary alicyclic amines) is 2. The molecule has 0 spiro atoms. The monoisotopic (exact) mass is 722 g/mol. The Morgan fingerprint density at radius 1 is 1.23 bits per heavy atom. The number of nitrogens with zero attached hydrogens (tertiary/aromatic N) is 8. The van der Waals surface area contributed by atoms with E-state index in [9.17, 15) is 18.7 Å². The van der Waals surface area contributed by atoms with Crippen molar-refractivity contribution in [1.29, 1.82) is 0 Å². The Hall–Kier alpha value is -5.81. The lowest BCUT2D eigenvalue weighted by atomic mass is 9.96. The van der Waals surface area contributed by atoms with Gasteiger partial charge in [-0.15, -0.1) is 6.42 Å². The van der Waals surface area contributed by atoms with Crippen molar-refractivity contribution in [2.75, 3.05) is 38.2 Å². The minimum absolute atomic E-state index is 0.0410. The van der Waals surface area contributed by atoms with Crippen LogP contribution in [0.1, 0.15) is 37.6 Å². The summed E-state index contributed by atoms with van der Waals surface area (Å²) in [6.07, 6.45) is 12.2. The van der Waals surface area contributed by atoms with Crippen LogP contribution in [0.4, 0.5) is 19.0 Å². The van der Waals surface area contributed by atoms with E-state index in [1.54, 1.807) is 35.3 Å². The number of phenolic OH excluding ortho intramolecular Hbond substituents is 1. The Labute approximate surface area is 304 Å². The number of ether oxygens (including phenoxy) is 1. The van der Waals surface area contributed by atoms with Crippen LogP contribution in [0.25, 0.3) is 32.9 Å². The number of terminal acetylenes is 1. The van der Waals surface area contributed by atoms with Gasteiger partial charge >= 0.3 is 6.01 Å². The predicted molar refractivity (Wildman–Crippen MR) is 194 cm³/mol. The molecule has 2 aromatic carbocycles. The molecule has 7 rings (SSSR count). The number of carbonyl (C=O) groups is 1. The average molecular weight is 723 g/mol. The number of fused-ring (bicyclic) bond motifs is 2. The van der Waals surface area contributed by atoms with Gasteiger partial charge in [0.2, 0.25) is 5.91 Å². The van der Waals surface area contributed by atoms with Crippen LogP contribution in [0.15, 0.2) is 61.6 Å². The first-order valence-corrected chi connectivity index (χ1v) is 17.2. The van der Waals surface area contributed by atoms with E-state index >= 15 is 4.39 Å². The zero-order chi connectivity index (χ0) is 37.4. The lowest BCUT2D eigenvalue weighted by molar-refractivity contribution is -0.126. The number of pyridine rings is 1. The molecule has 5 heterocycles. The van der Waals surface area contributed by atoms with Gasteiger partial charge in [-0.1, -0.05) is 18.6 Å². The van der Waals surface area contributed by atoms with Crippen LogP contribution in [-0.2, 0) is 11.3 Å². The second-order valence-electron chi connectivity index (χ2n) is 13.7. The quantitative estimate of drug-likeness (QED) is 0.144. The van der Waals surface area contributed by atoms with Gasteiger partial charge in [0.1, 0.15) is 47.2 Å². The molecule has 3 aromatic heterocycles. The Bertz CT molecular complexity index is 2270. The number of alkyl halides is 1. The van der Waals surface area contributed by atoms with Crippen molar-refractivity contribution in [2.45, 2.75) is 50.5 Å². The maximum absolute atomic E-state index is 17.0. The van der Waals surface area contributed by atoms with E-state index in [-0.39, 0.29) is 88.8 Å². The predicted octanol–water partition coefficient (Wildman–Crippen LogP) is 5.59. The van der Waals surface area contributed by atoms with Crippen LogP contribution in [0.5, 0.6) is 11.8 Å². The summed E-state index contributed by atoms with van der Waals surface area (Å²) in [7, 11) is 1.77. The van der Waals surface area contributed by atoms with Crippen LogP contribution in [0.3, 0.4) is 0 Å². The normalized spacial score (nSPS) is 20.2. The maximum Gasteiger partial charge on any atom is 0.319 e. The summed E-state index contributed by atoms with van der Waals surface area (Å²) < 4.78 is 53.1. The molecule has 1 N–H and O–H groups in total. The number of hydrogen-bond acceptors (Lipinski definition) is 10. The molecule has 53 heavy (non-hydrogen) atoms. The lowest BCUT2D eigenvalue weighted by Gasteiger charge is -2.34. The molecular formula is C39H37F3N8O3. The molecule has 2 fully saturated rings. The number of benzene rings is 2. The van der Waals surface area contributed by atoms with Gasteiger partial charge in [0.15, 0.2) is 5.82 Å². The van der Waals surface area contributed by atoms with E-state index in [1.807, 2.05) is 11.8 Å². The third kappa shape index (κ3) is 6.80. The Morgan fingerprint density at radius 2 is 2.02 bits per heavy atom. The topological polar surface area (TPSA) is 121 Å². The van der Waals surface area contributed by atoms with Gasteiger partial charge in [-0.25, -0.2) is 23.1 Å². The Balaban J connectivity index is 1.32. The van der Waals surface area contributed by atoms with Gasteiger partial charge in [0.05, 0.1) is 23.0 Å². The van der Waals surface area contributed by atoms with Crippen molar-refractivity contribution in [3.8, 4) is 35.4 Å². The third-order valence-electron chi connectivity index (χ3n) is 10.1. The molecule has 0 bridgehead atoms. The fourth-order valence-corrected chi connectivity index (χ4v) is 7.49. The fourth-order valence-electron chi connectivity index (χ4n) is 7.49. The molecule has 1 amide bonds. The average Bonchev–Trinajstić information content (AvgIpc) is 3.73. The van der Waals surface area contributed by atoms with Gasteiger partial charge < -0.3 is 19.6 Å². The van der Waals surface area contributed by atoms with E-state index in [4.69, 9.17) is 16.1 Å². The molecule has 0 aliphatic carbocycles. The number of likely N-dealkylation sites (N-methyl/N-ethyl adjacent to an activating group) is 1. The number of halogens is 3. The molecule has 272 valence electrons. The number of aromatic nitrogens is 5. The van der Waals surface area contributed by atoms with E-state index in [1.165, 1.54) is 36.5 Å². The summed E-state index contributed by atoms with van der Waals surface area (Å²) in [5.74, 6) is 1.21. The molecule has 2 saturated heterocycles. The van der Waals surface area contributed by atoms with Crippen LogP contribution < -0.4 is 9.64 Å². The van der Waals surface area contributed by atoms with E-state index in [0.29, 0.717) is 24.3 Å². The highest BCUT2D eigenvalue weighted by molar-refractivity contribution is 6.03. The zero-order valence-electron chi connectivity index (χ0n) is 29.3. The zero-order valence-corrected chi connectivity index (χ0v) is 29.3. The second kappa shape index (κ2) is 14.3. The molecule has 2 aliphatic rings. The number of anilines is 1. The number of carbonyl (C=O) groups excluding carboxylic acids is 1. The number of aromatic hydroxyl groups is 1. The second-order valence-corrected chi connectivity index (χ2v) is 13.7. The first-order valence-electron chi connectivity index (χ1n) is 17.2. The van der Waals surface area contributed by atoms with E-state index in [2.05, 4.69) is 32.4 Å². The summed E-state index contributed by atoms with van der Waals surface area (Å²) in [4.78, 5) is 40.3. The van der Waals surface area contributed by atoms with Crippen LogP contribution in [-0.4, -0.2) is 96.8 Å². The molecule has 11 nitrogen and oxygen atoms in total. The minimum Gasteiger partial charge on any atom is -0.508 e. The summed E-state index contributed by atoms with van der Waals surface area (Å²) in [5, 5.41) is 11.4. The summed E-state index contributed by atoms with van der Waals surface area (Å²) >= 11 is 0. The molecule has 0 saturated carbocycles. The van der Waals surface area contributed by atoms with Crippen molar-refractivity contribution in [3.05, 3.63) is 84.6 Å². The van der Waals surface area contributed by atoms with Crippen molar-refractivity contribution in [2.24, 2.45) is 0 Å². The molecule has 5 aromatic rings. The van der Waals surface area contributed by atoms with Gasteiger partial charge in [0, 0.05) is 68.7 Å². The first-order chi connectivity index (χ1) is 25.5. The van der Waals surface area contributed by atoms with E-state index < -0.39 is 23.3 Å². The lowest BCUT2D eigenvalue weighted by Crippen LogP contribution is -2.45. The highest BCUT2D eigenvalue weighted by Crippen LogP contribution is 2.39. The highest BCUT2D eigenvalue weighted by atomic mass is 19.1. The molecular weight excluding hydrogens is 685 g/mol. The summed E-state index contributed by atoms with van der Waals surface area (Å²) in [6.45, 7) is 6.82. The largest absolute Gasteiger partial charge is 0.508 e. The molecule has 14 heteroatoms. The van der Waals surface area contributed by atoms with Crippen LogP contribution in [0.2, 0.25) is 0 Å². The van der Waals surface area contributed by atoms with Crippen LogP contribution in [0, 0.1) is 24.0 Å². The molecule has 0 unspecified atom stereocenters. The standard InChI is InChI=1S/C39H37F3N8O3/c1-5-27-30(41)11-10-23-15-26(51)16-28(33(23)27)35-34(42)36-29(18-45-35)37(48(4)20-25-9-7-14-50(25)32(52)6-2)47-38(46-36)53-22-39(3)17-24(40)19-49(39)21-31-43-12-8-13-44-31/h1,6,8,10-13,15-16,18,24-25,51H,2,7,9,14,17,19-22H2,3-4H3/t24-,25+,39+/m1/s1. The molecule has 3 atom stereocenters. The number of amides is 1. The molecule has 2 aliphatic heterocycles. The van der Waals surface area contributed by atoms with Crippen molar-refractivity contribution in [1.82, 2.24) is 34.7 Å². The minimum atomic E-state index is -1.12. The summed E-state index contributed by atoms with van der Waals surface area (Å²) in [5.41, 5.74) is -1.23. The Kier molecular flexibility index (Phi) is 9.61. The smallest absolute Gasteiger partial charge is 0.319 e. The number of hydrogen-bond donors (Lipinski definition) is 1. The SMILES string of the molecule is C#Cc1c(F)ccc2cc(O)cc(-c3ncc4c(N(C)C[C@@H]5CCCN5C(=O)C=C)nc(OC[C@]5(C)C[C@@H](F)CN5Cc5ncccn5)nc4c3F)c12. The molecule has 0 radical (unpaired) electrons. The highest BCUT2D eigenvalue weighted by Gasteiger charge is 2.43. The third-order valence-corrected chi connectivity index (χ3v) is 10.1. The maximum atomic E-state index is 17.0. The van der Waals surface area contributed by atoms with Crippen molar-refractivity contribution < 1.29 is 27.8 Å².